The Hall–Kier alpha value is -3.81. The van der Waals surface area contributed by atoms with Crippen molar-refractivity contribution in [2.24, 2.45) is 0 Å². The Kier molecular flexibility index (Phi) is 4.90. The molecule has 0 fully saturated rings. The van der Waals surface area contributed by atoms with E-state index >= 15 is 0 Å². The van der Waals surface area contributed by atoms with E-state index in [2.05, 4.69) is 20.7 Å². The Morgan fingerprint density at radius 1 is 1.24 bits per heavy atom. The van der Waals surface area contributed by atoms with E-state index in [1.807, 2.05) is 32.0 Å². The van der Waals surface area contributed by atoms with Crippen LogP contribution >= 0.6 is 0 Å². The third-order valence-electron chi connectivity index (χ3n) is 4.68. The van der Waals surface area contributed by atoms with Gasteiger partial charge < -0.3 is 20.5 Å². The smallest absolute Gasteiger partial charge is 0.255 e. The van der Waals surface area contributed by atoms with Crippen molar-refractivity contribution in [2.45, 2.75) is 19.9 Å². The zero-order chi connectivity index (χ0) is 20.4. The minimum atomic E-state index is -0.492. The fraction of sp³-hybridized carbons (Fsp3) is 0.190. The van der Waals surface area contributed by atoms with E-state index in [1.165, 1.54) is 6.33 Å². The monoisotopic (exact) mass is 391 g/mol. The number of hydrogen-bond acceptors (Lipinski definition) is 6. The van der Waals surface area contributed by atoms with Crippen LogP contribution in [0.3, 0.4) is 0 Å². The van der Waals surface area contributed by atoms with Crippen LogP contribution in [-0.2, 0) is 4.79 Å². The van der Waals surface area contributed by atoms with E-state index in [0.717, 1.165) is 5.56 Å². The molecule has 4 rings (SSSR count). The summed E-state index contributed by atoms with van der Waals surface area (Å²) in [6.45, 7) is 4.22. The quantitative estimate of drug-likeness (QED) is 0.617. The first-order valence-electron chi connectivity index (χ1n) is 9.28. The molecule has 0 saturated heterocycles. The van der Waals surface area contributed by atoms with Crippen LogP contribution in [0.5, 0.6) is 11.5 Å². The van der Waals surface area contributed by atoms with E-state index in [9.17, 15) is 9.90 Å². The molecule has 29 heavy (non-hydrogen) atoms. The fourth-order valence-corrected chi connectivity index (χ4v) is 3.39. The molecule has 148 valence electrons. The maximum absolute atomic E-state index is 13.3. The van der Waals surface area contributed by atoms with E-state index < -0.39 is 6.04 Å². The van der Waals surface area contributed by atoms with Gasteiger partial charge in [0.1, 0.15) is 23.9 Å². The molecule has 8 nitrogen and oxygen atoms in total. The Morgan fingerprint density at radius 2 is 2.00 bits per heavy atom. The summed E-state index contributed by atoms with van der Waals surface area (Å²) < 4.78 is 7.27. The molecule has 1 atom stereocenters. The molecule has 2 aromatic carbocycles. The predicted octanol–water partition coefficient (Wildman–Crippen LogP) is 3.31. The van der Waals surface area contributed by atoms with Crippen LogP contribution in [0.15, 0.2) is 66.1 Å². The Balaban J connectivity index is 1.74. The van der Waals surface area contributed by atoms with Gasteiger partial charge >= 0.3 is 0 Å². The zero-order valence-electron chi connectivity index (χ0n) is 16.1. The lowest BCUT2D eigenvalue weighted by atomic mass is 9.95. The SMILES string of the molecule is CCOc1ccccc1NC(=O)C1=C(C)Nc2ncnn2[C@@H]1c1ccc(O)cc1. The highest BCUT2D eigenvalue weighted by Crippen LogP contribution is 2.36. The lowest BCUT2D eigenvalue weighted by molar-refractivity contribution is -0.113. The number of allylic oxidation sites excluding steroid dienone is 1. The van der Waals surface area contributed by atoms with E-state index in [0.29, 0.717) is 35.3 Å². The van der Waals surface area contributed by atoms with Crippen molar-refractivity contribution in [3.63, 3.8) is 0 Å². The maximum Gasteiger partial charge on any atom is 0.255 e. The average molecular weight is 391 g/mol. The van der Waals surface area contributed by atoms with Crippen molar-refractivity contribution in [1.29, 1.82) is 0 Å². The number of benzene rings is 2. The van der Waals surface area contributed by atoms with Crippen molar-refractivity contribution in [1.82, 2.24) is 14.8 Å². The van der Waals surface area contributed by atoms with Crippen molar-refractivity contribution in [2.75, 3.05) is 17.2 Å². The largest absolute Gasteiger partial charge is 0.508 e. The van der Waals surface area contributed by atoms with Crippen molar-refractivity contribution in [3.8, 4) is 11.5 Å². The van der Waals surface area contributed by atoms with Gasteiger partial charge in [0.05, 0.1) is 17.9 Å². The molecule has 1 aliphatic rings. The van der Waals surface area contributed by atoms with E-state index in [-0.39, 0.29) is 11.7 Å². The lowest BCUT2D eigenvalue weighted by Gasteiger charge is -2.29. The molecule has 0 radical (unpaired) electrons. The van der Waals surface area contributed by atoms with Crippen LogP contribution in [0, 0.1) is 0 Å². The summed E-state index contributed by atoms with van der Waals surface area (Å²) in [7, 11) is 0. The predicted molar refractivity (Wildman–Crippen MR) is 109 cm³/mol. The fourth-order valence-electron chi connectivity index (χ4n) is 3.39. The van der Waals surface area contributed by atoms with Crippen molar-refractivity contribution in [3.05, 3.63) is 71.7 Å². The second kappa shape index (κ2) is 7.67. The van der Waals surface area contributed by atoms with E-state index in [1.54, 1.807) is 35.0 Å². The minimum absolute atomic E-state index is 0.152. The number of para-hydroxylation sites is 2. The highest BCUT2D eigenvalue weighted by Gasteiger charge is 2.33. The number of phenols is 1. The van der Waals surface area contributed by atoms with Gasteiger partial charge in [-0.05, 0) is 43.7 Å². The van der Waals surface area contributed by atoms with Gasteiger partial charge in [0, 0.05) is 5.70 Å². The van der Waals surface area contributed by atoms with Crippen molar-refractivity contribution >= 4 is 17.5 Å². The molecule has 1 amide bonds. The number of nitrogens with one attached hydrogen (secondary N) is 2. The number of fused-ring (bicyclic) bond motifs is 1. The van der Waals surface area contributed by atoms with Gasteiger partial charge in [-0.15, -0.1) is 0 Å². The molecular formula is C21H21N5O3. The number of aromatic hydroxyl groups is 1. The van der Waals surface area contributed by atoms with Gasteiger partial charge in [-0.2, -0.15) is 10.1 Å². The number of anilines is 2. The summed E-state index contributed by atoms with van der Waals surface area (Å²) in [5, 5.41) is 20.1. The summed E-state index contributed by atoms with van der Waals surface area (Å²) in [5.74, 6) is 1.03. The molecule has 0 unspecified atom stereocenters. The first kappa shape index (κ1) is 18.5. The van der Waals surface area contributed by atoms with Gasteiger partial charge in [-0.1, -0.05) is 24.3 Å². The summed E-state index contributed by atoms with van der Waals surface area (Å²) in [6.07, 6.45) is 1.44. The van der Waals surface area contributed by atoms with Gasteiger partial charge in [-0.3, -0.25) is 4.79 Å². The number of amides is 1. The van der Waals surface area contributed by atoms with Crippen LogP contribution in [0.4, 0.5) is 11.6 Å². The second-order valence-corrected chi connectivity index (χ2v) is 6.57. The van der Waals surface area contributed by atoms with E-state index in [4.69, 9.17) is 4.74 Å². The number of phenolic OH excluding ortho intramolecular Hbond substituents is 1. The first-order valence-corrected chi connectivity index (χ1v) is 9.28. The summed E-state index contributed by atoms with van der Waals surface area (Å²) in [6, 6.07) is 13.5. The summed E-state index contributed by atoms with van der Waals surface area (Å²) in [5.41, 5.74) is 2.57. The molecule has 3 aromatic rings. The maximum atomic E-state index is 13.3. The van der Waals surface area contributed by atoms with Gasteiger partial charge in [0.15, 0.2) is 0 Å². The molecule has 0 bridgehead atoms. The third-order valence-corrected chi connectivity index (χ3v) is 4.68. The molecule has 0 aliphatic carbocycles. The Labute approximate surface area is 167 Å². The van der Waals surface area contributed by atoms with Gasteiger partial charge in [0.25, 0.3) is 5.91 Å². The molecule has 2 heterocycles. The first-order chi connectivity index (χ1) is 14.1. The van der Waals surface area contributed by atoms with Crippen LogP contribution < -0.4 is 15.4 Å². The third kappa shape index (κ3) is 3.52. The standard InChI is InChI=1S/C21H21N5O3/c1-3-29-17-7-5-4-6-16(17)25-20(28)18-13(2)24-21-22-12-23-26(21)19(18)14-8-10-15(27)11-9-14/h4-12,19,27H,3H2,1-2H3,(H,25,28)(H,22,23,24)/t19-/m1/s1. The van der Waals surface area contributed by atoms with Gasteiger partial charge in [-0.25, -0.2) is 4.68 Å². The topological polar surface area (TPSA) is 101 Å². The second-order valence-electron chi connectivity index (χ2n) is 6.57. The summed E-state index contributed by atoms with van der Waals surface area (Å²) >= 11 is 0. The zero-order valence-corrected chi connectivity index (χ0v) is 16.1. The highest BCUT2D eigenvalue weighted by atomic mass is 16.5. The molecule has 1 aromatic heterocycles. The molecule has 3 N–H and O–H groups in total. The van der Waals surface area contributed by atoms with Crippen molar-refractivity contribution < 1.29 is 14.6 Å². The number of nitrogens with zero attached hydrogens (tertiary/aromatic N) is 3. The molecule has 1 aliphatic heterocycles. The average Bonchev–Trinajstić information content (AvgIpc) is 3.17. The number of ether oxygens (including phenoxy) is 1. The molecule has 0 saturated carbocycles. The normalized spacial score (nSPS) is 15.4. The summed E-state index contributed by atoms with van der Waals surface area (Å²) in [4.78, 5) is 17.6. The lowest BCUT2D eigenvalue weighted by Crippen LogP contribution is -2.31. The Bertz CT molecular complexity index is 1070. The molecule has 0 spiro atoms. The number of aromatic nitrogens is 3. The van der Waals surface area contributed by atoms with Crippen LogP contribution in [0.2, 0.25) is 0 Å². The number of carbonyl (C=O) groups excluding carboxylic acids is 1. The van der Waals surface area contributed by atoms with Crippen LogP contribution in [0.1, 0.15) is 25.5 Å². The Morgan fingerprint density at radius 3 is 2.76 bits per heavy atom. The van der Waals surface area contributed by atoms with Crippen LogP contribution in [-0.4, -0.2) is 32.4 Å². The number of rotatable bonds is 5. The minimum Gasteiger partial charge on any atom is -0.508 e. The number of carbonyl (C=O) groups is 1. The highest BCUT2D eigenvalue weighted by molar-refractivity contribution is 6.06. The number of hydrogen-bond donors (Lipinski definition) is 3. The molecular weight excluding hydrogens is 370 g/mol. The molecule has 8 heteroatoms. The van der Waals surface area contributed by atoms with Gasteiger partial charge in [0.2, 0.25) is 5.95 Å². The van der Waals surface area contributed by atoms with Crippen LogP contribution in [0.25, 0.3) is 0 Å².